The number of benzene rings is 2. The standard InChI is InChI=1S/C15H12ClN3O4/c1-23-14-7-4-11(16)8-13(14)15(20)18-17-9-10-2-5-12(6-3-10)19(21)22/h2-9H,1H3,(H,18,20)/b17-9+. The lowest BCUT2D eigenvalue weighted by Gasteiger charge is -2.07. The first-order chi connectivity index (χ1) is 11.0. The van der Waals surface area contributed by atoms with E-state index in [9.17, 15) is 14.9 Å². The molecule has 2 aromatic rings. The first-order valence-electron chi connectivity index (χ1n) is 6.42. The third-order valence-electron chi connectivity index (χ3n) is 2.89. The summed E-state index contributed by atoms with van der Waals surface area (Å²) < 4.78 is 5.09. The van der Waals surface area contributed by atoms with Gasteiger partial charge in [0.1, 0.15) is 5.75 Å². The number of carbonyl (C=O) groups excluding carboxylic acids is 1. The van der Waals surface area contributed by atoms with Gasteiger partial charge < -0.3 is 4.74 Å². The van der Waals surface area contributed by atoms with Crippen LogP contribution in [0.4, 0.5) is 5.69 Å². The molecule has 0 aromatic heterocycles. The van der Waals surface area contributed by atoms with Crippen molar-refractivity contribution in [3.63, 3.8) is 0 Å². The normalized spacial score (nSPS) is 10.5. The number of non-ortho nitro benzene ring substituents is 1. The fraction of sp³-hybridized carbons (Fsp3) is 0.0667. The molecule has 8 heteroatoms. The molecular weight excluding hydrogens is 322 g/mol. The number of methoxy groups -OCH3 is 1. The van der Waals surface area contributed by atoms with Gasteiger partial charge in [-0.25, -0.2) is 5.43 Å². The summed E-state index contributed by atoms with van der Waals surface area (Å²) in [4.78, 5) is 22.1. The lowest BCUT2D eigenvalue weighted by atomic mass is 10.2. The minimum atomic E-state index is -0.492. The molecule has 0 radical (unpaired) electrons. The molecule has 1 N–H and O–H groups in total. The van der Waals surface area contributed by atoms with E-state index in [0.717, 1.165) is 0 Å². The third kappa shape index (κ3) is 4.27. The summed E-state index contributed by atoms with van der Waals surface area (Å²) in [6.07, 6.45) is 1.37. The van der Waals surface area contributed by atoms with E-state index in [1.165, 1.54) is 43.7 Å². The Balaban J connectivity index is 2.06. The number of nitrogens with one attached hydrogen (secondary N) is 1. The monoisotopic (exact) mass is 333 g/mol. The molecule has 23 heavy (non-hydrogen) atoms. The van der Waals surface area contributed by atoms with E-state index >= 15 is 0 Å². The van der Waals surface area contributed by atoms with Gasteiger partial charge in [0, 0.05) is 17.2 Å². The maximum Gasteiger partial charge on any atom is 0.275 e. The van der Waals surface area contributed by atoms with Crippen LogP contribution < -0.4 is 10.2 Å². The SMILES string of the molecule is COc1ccc(Cl)cc1C(=O)N/N=C/c1ccc([N+](=O)[O-])cc1. The van der Waals surface area contributed by atoms with Gasteiger partial charge in [0.15, 0.2) is 0 Å². The Morgan fingerprint density at radius 2 is 2.00 bits per heavy atom. The predicted molar refractivity (Wildman–Crippen MR) is 86.2 cm³/mol. The van der Waals surface area contributed by atoms with Crippen LogP contribution in [0.3, 0.4) is 0 Å². The number of hydrazone groups is 1. The molecule has 0 aliphatic carbocycles. The van der Waals surface area contributed by atoms with Crippen LogP contribution in [0.5, 0.6) is 5.75 Å². The third-order valence-corrected chi connectivity index (χ3v) is 3.12. The van der Waals surface area contributed by atoms with Crippen LogP contribution in [0.1, 0.15) is 15.9 Å². The van der Waals surface area contributed by atoms with Crippen molar-refractivity contribution in [3.8, 4) is 5.75 Å². The summed E-state index contributed by atoms with van der Waals surface area (Å²) >= 11 is 5.86. The Morgan fingerprint density at radius 1 is 1.30 bits per heavy atom. The molecule has 0 saturated heterocycles. The molecule has 0 unspecified atom stereocenters. The van der Waals surface area contributed by atoms with Gasteiger partial charge >= 0.3 is 0 Å². The van der Waals surface area contributed by atoms with Crippen molar-refractivity contribution in [1.82, 2.24) is 5.43 Å². The number of nitro benzene ring substituents is 1. The highest BCUT2D eigenvalue weighted by Crippen LogP contribution is 2.22. The molecule has 0 spiro atoms. The average Bonchev–Trinajstić information content (AvgIpc) is 2.55. The second-order valence-corrected chi connectivity index (χ2v) is 4.83. The maximum atomic E-state index is 12.1. The highest BCUT2D eigenvalue weighted by Gasteiger charge is 2.12. The molecule has 0 fully saturated rings. The number of amides is 1. The zero-order valence-electron chi connectivity index (χ0n) is 12.0. The van der Waals surface area contributed by atoms with E-state index in [0.29, 0.717) is 16.3 Å². The Bertz CT molecular complexity index is 760. The van der Waals surface area contributed by atoms with Crippen LogP contribution in [0.25, 0.3) is 0 Å². The maximum absolute atomic E-state index is 12.1. The van der Waals surface area contributed by atoms with Crippen molar-refractivity contribution in [2.75, 3.05) is 7.11 Å². The number of rotatable bonds is 5. The van der Waals surface area contributed by atoms with Gasteiger partial charge in [-0.15, -0.1) is 0 Å². The van der Waals surface area contributed by atoms with E-state index in [-0.39, 0.29) is 11.3 Å². The van der Waals surface area contributed by atoms with Crippen LogP contribution in [0, 0.1) is 10.1 Å². The van der Waals surface area contributed by atoms with Crippen molar-refractivity contribution in [2.45, 2.75) is 0 Å². The molecule has 118 valence electrons. The van der Waals surface area contributed by atoms with Crippen molar-refractivity contribution < 1.29 is 14.5 Å². The first kappa shape index (κ1) is 16.4. The molecule has 7 nitrogen and oxygen atoms in total. The Kier molecular flexibility index (Phi) is 5.27. The molecule has 0 atom stereocenters. The van der Waals surface area contributed by atoms with Crippen LogP contribution in [0.15, 0.2) is 47.6 Å². The summed E-state index contributed by atoms with van der Waals surface area (Å²) in [6.45, 7) is 0. The van der Waals surface area contributed by atoms with Crippen LogP contribution in [-0.2, 0) is 0 Å². The van der Waals surface area contributed by atoms with Crippen LogP contribution in [-0.4, -0.2) is 24.2 Å². The fourth-order valence-corrected chi connectivity index (χ4v) is 1.94. The fourth-order valence-electron chi connectivity index (χ4n) is 1.77. The van der Waals surface area contributed by atoms with Gasteiger partial charge in [0.05, 0.1) is 23.8 Å². The Labute approximate surface area is 136 Å². The molecule has 0 bridgehead atoms. The molecule has 0 saturated carbocycles. The predicted octanol–water partition coefficient (Wildman–Crippen LogP) is 3.02. The topological polar surface area (TPSA) is 93.8 Å². The van der Waals surface area contributed by atoms with Gasteiger partial charge in [0.25, 0.3) is 11.6 Å². The molecule has 0 aliphatic heterocycles. The van der Waals surface area contributed by atoms with Crippen molar-refractivity contribution in [3.05, 3.63) is 68.7 Å². The van der Waals surface area contributed by atoms with Gasteiger partial charge in [-0.3, -0.25) is 14.9 Å². The van der Waals surface area contributed by atoms with E-state index in [4.69, 9.17) is 16.3 Å². The van der Waals surface area contributed by atoms with E-state index in [1.54, 1.807) is 12.1 Å². The van der Waals surface area contributed by atoms with Crippen molar-refractivity contribution >= 4 is 29.4 Å². The largest absolute Gasteiger partial charge is 0.496 e. The number of ether oxygens (including phenoxy) is 1. The van der Waals surface area contributed by atoms with Crippen molar-refractivity contribution in [1.29, 1.82) is 0 Å². The van der Waals surface area contributed by atoms with Gasteiger partial charge in [0.2, 0.25) is 0 Å². The summed E-state index contributed by atoms with van der Waals surface area (Å²) in [5, 5.41) is 14.8. The number of nitro groups is 1. The summed E-state index contributed by atoms with van der Waals surface area (Å²) in [5.74, 6) is -0.111. The van der Waals surface area contributed by atoms with E-state index < -0.39 is 10.8 Å². The first-order valence-corrected chi connectivity index (χ1v) is 6.80. The summed E-state index contributed by atoms with van der Waals surface area (Å²) in [6, 6.07) is 10.4. The van der Waals surface area contributed by atoms with Gasteiger partial charge in [-0.2, -0.15) is 5.10 Å². The average molecular weight is 334 g/mol. The molecule has 1 amide bonds. The van der Waals surface area contributed by atoms with E-state index in [2.05, 4.69) is 10.5 Å². The molecule has 0 aliphatic rings. The summed E-state index contributed by atoms with van der Waals surface area (Å²) in [5.41, 5.74) is 3.18. The van der Waals surface area contributed by atoms with Gasteiger partial charge in [-0.1, -0.05) is 11.6 Å². The highest BCUT2D eigenvalue weighted by atomic mass is 35.5. The summed E-state index contributed by atoms with van der Waals surface area (Å²) in [7, 11) is 1.44. The minimum Gasteiger partial charge on any atom is -0.496 e. The van der Waals surface area contributed by atoms with Crippen LogP contribution >= 0.6 is 11.6 Å². The zero-order valence-corrected chi connectivity index (χ0v) is 12.8. The quantitative estimate of drug-likeness (QED) is 0.517. The molecular formula is C15H12ClN3O4. The second kappa shape index (κ2) is 7.37. The smallest absolute Gasteiger partial charge is 0.275 e. The lowest BCUT2D eigenvalue weighted by Crippen LogP contribution is -2.18. The Morgan fingerprint density at radius 3 is 2.61 bits per heavy atom. The number of hydrogen-bond donors (Lipinski definition) is 1. The minimum absolute atomic E-state index is 0.0187. The highest BCUT2D eigenvalue weighted by molar-refractivity contribution is 6.31. The molecule has 2 rings (SSSR count). The Hall–Kier alpha value is -2.93. The number of carbonyl (C=O) groups is 1. The van der Waals surface area contributed by atoms with Crippen LogP contribution in [0.2, 0.25) is 5.02 Å². The number of nitrogens with zero attached hydrogens (tertiary/aromatic N) is 2. The molecule has 2 aromatic carbocycles. The number of halogens is 1. The number of hydrogen-bond acceptors (Lipinski definition) is 5. The lowest BCUT2D eigenvalue weighted by molar-refractivity contribution is -0.384. The van der Waals surface area contributed by atoms with Crippen molar-refractivity contribution in [2.24, 2.45) is 5.10 Å². The van der Waals surface area contributed by atoms with Gasteiger partial charge in [-0.05, 0) is 35.9 Å². The van der Waals surface area contributed by atoms with E-state index in [1.807, 2.05) is 0 Å². The molecule has 0 heterocycles. The second-order valence-electron chi connectivity index (χ2n) is 4.39. The zero-order chi connectivity index (χ0) is 16.8.